The lowest BCUT2D eigenvalue weighted by atomic mass is 9.80. The van der Waals surface area contributed by atoms with E-state index in [-0.39, 0.29) is 34.0 Å². The molecule has 0 bridgehead atoms. The summed E-state index contributed by atoms with van der Waals surface area (Å²) in [4.78, 5) is 24.9. The van der Waals surface area contributed by atoms with Gasteiger partial charge in [-0.15, -0.1) is 0 Å². The molecule has 200 valence electrons. The second kappa shape index (κ2) is 10.7. The largest absolute Gasteiger partial charge is 0.390 e. The van der Waals surface area contributed by atoms with E-state index in [4.69, 9.17) is 16.4 Å². The van der Waals surface area contributed by atoms with Crippen molar-refractivity contribution in [3.05, 3.63) is 68.6 Å². The van der Waals surface area contributed by atoms with E-state index in [1.807, 2.05) is 32.7 Å². The van der Waals surface area contributed by atoms with E-state index in [1.54, 1.807) is 19.2 Å². The van der Waals surface area contributed by atoms with E-state index in [1.165, 1.54) is 22.8 Å². The number of aryl methyl sites for hydroxylation is 1. The van der Waals surface area contributed by atoms with Gasteiger partial charge in [0.1, 0.15) is 39.5 Å². The molecule has 1 aliphatic carbocycles. The molecule has 1 saturated carbocycles. The number of aromatic nitrogens is 2. The predicted molar refractivity (Wildman–Crippen MR) is 145 cm³/mol. The molecule has 0 N–H and O–H groups in total. The number of benzene rings is 1. The highest BCUT2D eigenvalue weighted by atomic mass is 35.5. The van der Waals surface area contributed by atoms with Crippen molar-refractivity contribution in [2.24, 2.45) is 18.1 Å². The third-order valence-corrected chi connectivity index (χ3v) is 7.12. The average molecular weight is 542 g/mol. The molecule has 7 nitrogen and oxygen atoms in total. The summed E-state index contributed by atoms with van der Waals surface area (Å²) in [5.74, 6) is -1.61. The fourth-order valence-corrected chi connectivity index (χ4v) is 5.13. The van der Waals surface area contributed by atoms with E-state index in [9.17, 15) is 18.8 Å². The lowest BCUT2D eigenvalue weighted by Gasteiger charge is -2.37. The maximum Gasteiger partial charge on any atom is 0.270 e. The highest BCUT2D eigenvalue weighted by Crippen LogP contribution is 2.36. The minimum absolute atomic E-state index is 0.00588. The zero-order chi connectivity index (χ0) is 27.8. The topological polar surface area (TPSA) is 83.5 Å². The fraction of sp³-hybridized carbons (Fsp3) is 0.429. The number of hydrogen-bond donors (Lipinski definition) is 0. The fourth-order valence-electron chi connectivity index (χ4n) is 4.99. The molecule has 0 radical (unpaired) electrons. The van der Waals surface area contributed by atoms with Crippen LogP contribution in [0.2, 0.25) is 5.15 Å². The maximum atomic E-state index is 14.8. The molecule has 0 atom stereocenters. The van der Waals surface area contributed by atoms with Gasteiger partial charge in [0.05, 0.1) is 22.5 Å². The molecule has 0 unspecified atom stereocenters. The highest BCUT2D eigenvalue weighted by molar-refractivity contribution is 6.29. The first kappa shape index (κ1) is 27.5. The van der Waals surface area contributed by atoms with Crippen LogP contribution in [0.3, 0.4) is 0 Å². The molecule has 0 saturated heterocycles. The van der Waals surface area contributed by atoms with E-state index in [2.05, 4.69) is 16.2 Å². The molecule has 0 amide bonds. The van der Waals surface area contributed by atoms with Crippen molar-refractivity contribution in [3.8, 4) is 6.07 Å². The molecule has 2 heterocycles. The number of fused-ring (bicyclic) bond motifs is 1. The van der Waals surface area contributed by atoms with Crippen LogP contribution in [0.25, 0.3) is 11.0 Å². The van der Waals surface area contributed by atoms with Crippen LogP contribution in [0.15, 0.2) is 40.3 Å². The van der Waals surface area contributed by atoms with Crippen LogP contribution in [0.4, 0.5) is 14.5 Å². The number of pyridine rings is 2. The van der Waals surface area contributed by atoms with Crippen molar-refractivity contribution >= 4 is 34.0 Å². The summed E-state index contributed by atoms with van der Waals surface area (Å²) in [6.45, 7) is 5.46. The first-order valence-electron chi connectivity index (χ1n) is 12.5. The monoisotopic (exact) mass is 541 g/mol. The van der Waals surface area contributed by atoms with Gasteiger partial charge >= 0.3 is 0 Å². The van der Waals surface area contributed by atoms with Crippen LogP contribution in [0, 0.1) is 28.9 Å². The van der Waals surface area contributed by atoms with Gasteiger partial charge in [-0.2, -0.15) is 5.26 Å². The van der Waals surface area contributed by atoms with Gasteiger partial charge in [-0.1, -0.05) is 22.8 Å². The van der Waals surface area contributed by atoms with Gasteiger partial charge in [-0.3, -0.25) is 4.79 Å². The summed E-state index contributed by atoms with van der Waals surface area (Å²) in [6, 6.07) is 9.07. The van der Waals surface area contributed by atoms with E-state index in [0.29, 0.717) is 42.4 Å². The van der Waals surface area contributed by atoms with Crippen molar-refractivity contribution in [1.29, 1.82) is 5.26 Å². The summed E-state index contributed by atoms with van der Waals surface area (Å²) in [6.07, 6.45) is 2.42. The summed E-state index contributed by atoms with van der Waals surface area (Å²) >= 11 is 6.18. The summed E-state index contributed by atoms with van der Waals surface area (Å²) in [7, 11) is 3.43. The number of anilines is 1. The molecule has 3 aromatic rings. The van der Waals surface area contributed by atoms with Crippen LogP contribution >= 0.6 is 11.6 Å². The van der Waals surface area contributed by atoms with Crippen molar-refractivity contribution in [2.75, 3.05) is 11.9 Å². The Bertz CT molecular complexity index is 1480. The molecule has 10 heteroatoms. The first-order valence-corrected chi connectivity index (χ1v) is 12.8. The number of rotatable bonds is 5. The van der Waals surface area contributed by atoms with E-state index in [0.717, 1.165) is 0 Å². The quantitative estimate of drug-likeness (QED) is 0.226. The van der Waals surface area contributed by atoms with Crippen molar-refractivity contribution < 1.29 is 13.6 Å². The van der Waals surface area contributed by atoms with Crippen LogP contribution in [0.1, 0.15) is 57.6 Å². The molecule has 38 heavy (non-hydrogen) atoms. The number of nitriles is 1. The Hall–Kier alpha value is -3.51. The third kappa shape index (κ3) is 5.37. The molecule has 1 aromatic carbocycles. The first-order chi connectivity index (χ1) is 17.9. The Kier molecular flexibility index (Phi) is 7.75. The minimum Gasteiger partial charge on any atom is -0.390 e. The highest BCUT2D eigenvalue weighted by Gasteiger charge is 2.33. The normalized spacial score (nSPS) is 18.3. The SMILES string of the molecule is CN(c1c(C#N)c(=O)n(C)c2ccc(Cl)nc12)C1CCC(/C(=N/OC(C)(C)C)c2c(F)cccc2F)CC1. The van der Waals surface area contributed by atoms with Gasteiger partial charge < -0.3 is 14.3 Å². The van der Waals surface area contributed by atoms with Crippen molar-refractivity contribution in [1.82, 2.24) is 9.55 Å². The Morgan fingerprint density at radius 2 is 1.82 bits per heavy atom. The van der Waals surface area contributed by atoms with E-state index >= 15 is 0 Å². The molecule has 1 aliphatic rings. The van der Waals surface area contributed by atoms with Gasteiger partial charge in [0, 0.05) is 26.1 Å². The molecule has 1 fully saturated rings. The van der Waals surface area contributed by atoms with Gasteiger partial charge in [-0.05, 0) is 70.7 Å². The number of halogens is 3. The van der Waals surface area contributed by atoms with Crippen molar-refractivity contribution in [3.63, 3.8) is 0 Å². The number of nitrogens with zero attached hydrogens (tertiary/aromatic N) is 5. The van der Waals surface area contributed by atoms with Crippen molar-refractivity contribution in [2.45, 2.75) is 58.1 Å². The van der Waals surface area contributed by atoms with Gasteiger partial charge in [0.2, 0.25) is 0 Å². The zero-order valence-corrected chi connectivity index (χ0v) is 22.8. The number of hydrogen-bond acceptors (Lipinski definition) is 6. The van der Waals surface area contributed by atoms with Crippen LogP contribution in [-0.4, -0.2) is 34.0 Å². The Morgan fingerprint density at radius 1 is 1.18 bits per heavy atom. The van der Waals surface area contributed by atoms with Gasteiger partial charge in [0.25, 0.3) is 5.56 Å². The van der Waals surface area contributed by atoms with Crippen LogP contribution in [0.5, 0.6) is 0 Å². The Balaban J connectivity index is 1.67. The van der Waals surface area contributed by atoms with E-state index < -0.39 is 22.8 Å². The standard InChI is InChI=1S/C28H30ClF2N5O2/c1-28(2,3)38-34-24(23-19(30)7-6-8-20(23)31)16-9-11-17(12-10-16)35(4)26-18(15-32)27(37)36(5)21-13-14-22(29)33-25(21)26/h6-8,13-14,16-17H,9-12H2,1-5H3/b34-24-. The maximum absolute atomic E-state index is 14.8. The average Bonchev–Trinajstić information content (AvgIpc) is 2.86. The van der Waals surface area contributed by atoms with Crippen LogP contribution in [-0.2, 0) is 11.9 Å². The Labute approximate surface area is 225 Å². The van der Waals surface area contributed by atoms with Gasteiger partial charge in [-0.25, -0.2) is 13.8 Å². The second-order valence-corrected chi connectivity index (χ2v) is 11.0. The lowest BCUT2D eigenvalue weighted by Crippen LogP contribution is -2.39. The summed E-state index contributed by atoms with van der Waals surface area (Å²) in [5, 5.41) is 14.4. The summed E-state index contributed by atoms with van der Waals surface area (Å²) in [5.41, 5.74) is 0.498. The predicted octanol–water partition coefficient (Wildman–Crippen LogP) is 5.95. The minimum atomic E-state index is -0.686. The molecule has 0 spiro atoms. The molecular formula is C28H30ClF2N5O2. The molecular weight excluding hydrogens is 512 g/mol. The Morgan fingerprint density at radius 3 is 2.39 bits per heavy atom. The smallest absolute Gasteiger partial charge is 0.270 e. The molecule has 4 rings (SSSR count). The second-order valence-electron chi connectivity index (χ2n) is 10.6. The third-order valence-electron chi connectivity index (χ3n) is 6.91. The van der Waals surface area contributed by atoms with Crippen LogP contribution < -0.4 is 10.5 Å². The number of oxime groups is 1. The lowest BCUT2D eigenvalue weighted by molar-refractivity contribution is -0.000114. The zero-order valence-electron chi connectivity index (χ0n) is 22.1. The molecule has 0 aliphatic heterocycles. The van der Waals surface area contributed by atoms with Gasteiger partial charge in [0.15, 0.2) is 0 Å². The summed E-state index contributed by atoms with van der Waals surface area (Å²) < 4.78 is 30.9. The molecule has 2 aromatic heterocycles.